The van der Waals surface area contributed by atoms with Crippen molar-refractivity contribution >= 4 is 6.09 Å². The van der Waals surface area contributed by atoms with Gasteiger partial charge in [-0.05, 0) is 33.6 Å². The van der Waals surface area contributed by atoms with Gasteiger partial charge in [0.1, 0.15) is 5.60 Å². The third-order valence-electron chi connectivity index (χ3n) is 3.23. The third kappa shape index (κ3) is 5.95. The van der Waals surface area contributed by atoms with Gasteiger partial charge in [-0.15, -0.1) is 0 Å². The van der Waals surface area contributed by atoms with E-state index in [9.17, 15) is 4.79 Å². The molecule has 19 heavy (non-hydrogen) atoms. The van der Waals surface area contributed by atoms with E-state index in [0.717, 1.165) is 12.8 Å². The van der Waals surface area contributed by atoms with Gasteiger partial charge < -0.3 is 10.1 Å². The number of allylic oxidation sites excluding steroid dienone is 3. The lowest BCUT2D eigenvalue weighted by molar-refractivity contribution is 0.0507. The molecule has 0 radical (unpaired) electrons. The van der Waals surface area contributed by atoms with Crippen LogP contribution < -0.4 is 5.32 Å². The van der Waals surface area contributed by atoms with Crippen molar-refractivity contribution in [1.82, 2.24) is 5.32 Å². The highest BCUT2D eigenvalue weighted by molar-refractivity contribution is 5.67. The summed E-state index contributed by atoms with van der Waals surface area (Å²) in [6, 6.07) is 0. The minimum Gasteiger partial charge on any atom is -0.444 e. The summed E-state index contributed by atoms with van der Waals surface area (Å²) in [5.41, 5.74) is -0.384. The fourth-order valence-corrected chi connectivity index (χ4v) is 2.21. The van der Waals surface area contributed by atoms with Crippen LogP contribution in [0.5, 0.6) is 0 Å². The fraction of sp³-hybridized carbons (Fsp3) is 0.688. The lowest BCUT2D eigenvalue weighted by Gasteiger charge is -2.32. The molecule has 0 fully saturated rings. The fourth-order valence-electron chi connectivity index (χ4n) is 2.21. The number of hydrogen-bond donors (Lipinski definition) is 1. The zero-order valence-corrected chi connectivity index (χ0v) is 12.7. The zero-order chi connectivity index (χ0) is 14.4. The molecule has 3 nitrogen and oxygen atoms in total. The molecule has 0 aliphatic heterocycles. The van der Waals surface area contributed by atoms with Gasteiger partial charge in [0.15, 0.2) is 0 Å². The van der Waals surface area contributed by atoms with E-state index < -0.39 is 5.60 Å². The SMILES string of the molecule is CCCCC1(CNC(=O)OC(C)(C)C)C=CC=CC1. The van der Waals surface area contributed by atoms with Gasteiger partial charge in [-0.1, -0.05) is 44.1 Å². The minimum atomic E-state index is -0.441. The van der Waals surface area contributed by atoms with Crippen molar-refractivity contribution in [2.45, 2.75) is 59.0 Å². The Morgan fingerprint density at radius 2 is 2.11 bits per heavy atom. The van der Waals surface area contributed by atoms with E-state index in [1.54, 1.807) is 0 Å². The molecule has 1 N–H and O–H groups in total. The summed E-state index contributed by atoms with van der Waals surface area (Å²) in [4.78, 5) is 11.7. The van der Waals surface area contributed by atoms with Crippen molar-refractivity contribution < 1.29 is 9.53 Å². The molecular formula is C16H27NO2. The van der Waals surface area contributed by atoms with Crippen LogP contribution in [0.4, 0.5) is 4.79 Å². The molecule has 1 aliphatic carbocycles. The van der Waals surface area contributed by atoms with E-state index in [1.807, 2.05) is 20.8 Å². The van der Waals surface area contributed by atoms with Crippen LogP contribution in [0.2, 0.25) is 0 Å². The van der Waals surface area contributed by atoms with Crippen molar-refractivity contribution in [3.8, 4) is 0 Å². The molecule has 0 aromatic heterocycles. The second kappa shape index (κ2) is 6.78. The normalized spacial score (nSPS) is 22.3. The summed E-state index contributed by atoms with van der Waals surface area (Å²) in [5.74, 6) is 0. The summed E-state index contributed by atoms with van der Waals surface area (Å²) in [6.45, 7) is 8.47. The highest BCUT2D eigenvalue weighted by Crippen LogP contribution is 2.33. The highest BCUT2D eigenvalue weighted by atomic mass is 16.6. The highest BCUT2D eigenvalue weighted by Gasteiger charge is 2.28. The second-order valence-corrected chi connectivity index (χ2v) is 6.31. The molecule has 1 unspecified atom stereocenters. The molecule has 1 aliphatic rings. The predicted molar refractivity (Wildman–Crippen MR) is 79.1 cm³/mol. The van der Waals surface area contributed by atoms with Gasteiger partial charge in [0, 0.05) is 12.0 Å². The molecule has 0 aromatic carbocycles. The number of nitrogens with one attached hydrogen (secondary N) is 1. The molecule has 108 valence electrons. The first-order valence-electron chi connectivity index (χ1n) is 7.18. The number of ether oxygens (including phenoxy) is 1. The number of rotatable bonds is 5. The van der Waals surface area contributed by atoms with Crippen molar-refractivity contribution in [2.24, 2.45) is 5.41 Å². The van der Waals surface area contributed by atoms with E-state index in [1.165, 1.54) is 12.8 Å². The van der Waals surface area contributed by atoms with Gasteiger partial charge in [0.2, 0.25) is 0 Å². The Morgan fingerprint density at radius 3 is 2.63 bits per heavy atom. The number of alkyl carbamates (subject to hydrolysis) is 1. The van der Waals surface area contributed by atoms with Gasteiger partial charge in [-0.3, -0.25) is 0 Å². The van der Waals surface area contributed by atoms with E-state index >= 15 is 0 Å². The molecule has 1 rings (SSSR count). The molecule has 0 aromatic rings. The van der Waals surface area contributed by atoms with E-state index in [4.69, 9.17) is 4.74 Å². The Balaban J connectivity index is 2.52. The van der Waals surface area contributed by atoms with Crippen LogP contribution in [-0.4, -0.2) is 18.2 Å². The Bertz CT molecular complexity index is 352. The van der Waals surface area contributed by atoms with Gasteiger partial charge >= 0.3 is 6.09 Å². The number of carbonyl (C=O) groups excluding carboxylic acids is 1. The van der Waals surface area contributed by atoms with Crippen molar-refractivity contribution in [3.05, 3.63) is 24.3 Å². The Hall–Kier alpha value is -1.25. The maximum Gasteiger partial charge on any atom is 0.407 e. The molecule has 1 atom stereocenters. The molecule has 0 saturated heterocycles. The molecule has 0 spiro atoms. The summed E-state index contributed by atoms with van der Waals surface area (Å²) in [6.07, 6.45) is 12.6. The lowest BCUT2D eigenvalue weighted by atomic mass is 9.77. The first-order chi connectivity index (χ1) is 8.87. The maximum atomic E-state index is 11.7. The third-order valence-corrected chi connectivity index (χ3v) is 3.23. The van der Waals surface area contributed by atoms with Gasteiger partial charge in [-0.25, -0.2) is 4.79 Å². The van der Waals surface area contributed by atoms with Crippen LogP contribution in [0.15, 0.2) is 24.3 Å². The van der Waals surface area contributed by atoms with Crippen LogP contribution in [0.25, 0.3) is 0 Å². The molecule has 0 saturated carbocycles. The van der Waals surface area contributed by atoms with Crippen LogP contribution in [0, 0.1) is 5.41 Å². The molecule has 0 heterocycles. The van der Waals surface area contributed by atoms with Gasteiger partial charge in [0.05, 0.1) is 0 Å². The van der Waals surface area contributed by atoms with Crippen molar-refractivity contribution in [3.63, 3.8) is 0 Å². The van der Waals surface area contributed by atoms with Crippen LogP contribution in [-0.2, 0) is 4.74 Å². The van der Waals surface area contributed by atoms with Crippen molar-refractivity contribution in [2.75, 3.05) is 6.54 Å². The molecule has 1 amide bonds. The smallest absolute Gasteiger partial charge is 0.407 e. The molecule has 3 heteroatoms. The standard InChI is InChI=1S/C16H27NO2/c1-5-6-10-16(11-8-7-9-12-16)13-17-14(18)19-15(2,3)4/h7-9,11H,5-6,10,12-13H2,1-4H3,(H,17,18). The maximum absolute atomic E-state index is 11.7. The molecule has 0 bridgehead atoms. The summed E-state index contributed by atoms with van der Waals surface area (Å²) in [5, 5.41) is 2.91. The Labute approximate surface area is 117 Å². The predicted octanol–water partition coefficient (Wildman–Crippen LogP) is 4.20. The monoisotopic (exact) mass is 265 g/mol. The number of amides is 1. The average molecular weight is 265 g/mol. The van der Waals surface area contributed by atoms with E-state index in [2.05, 4.69) is 36.5 Å². The summed E-state index contributed by atoms with van der Waals surface area (Å²) >= 11 is 0. The van der Waals surface area contributed by atoms with Crippen LogP contribution >= 0.6 is 0 Å². The topological polar surface area (TPSA) is 38.3 Å². The van der Waals surface area contributed by atoms with Gasteiger partial charge in [-0.2, -0.15) is 0 Å². The first-order valence-corrected chi connectivity index (χ1v) is 7.18. The molecular weight excluding hydrogens is 238 g/mol. The Morgan fingerprint density at radius 1 is 1.37 bits per heavy atom. The first kappa shape index (κ1) is 15.8. The number of unbranched alkanes of at least 4 members (excludes halogenated alkanes) is 1. The number of carbonyl (C=O) groups is 1. The summed E-state index contributed by atoms with van der Waals surface area (Å²) in [7, 11) is 0. The lowest BCUT2D eigenvalue weighted by Crippen LogP contribution is -2.39. The van der Waals surface area contributed by atoms with E-state index in [-0.39, 0.29) is 11.5 Å². The number of hydrogen-bond acceptors (Lipinski definition) is 2. The van der Waals surface area contributed by atoms with Gasteiger partial charge in [0.25, 0.3) is 0 Å². The zero-order valence-electron chi connectivity index (χ0n) is 12.7. The minimum absolute atomic E-state index is 0.0572. The largest absolute Gasteiger partial charge is 0.444 e. The van der Waals surface area contributed by atoms with Crippen LogP contribution in [0.3, 0.4) is 0 Å². The summed E-state index contributed by atoms with van der Waals surface area (Å²) < 4.78 is 5.29. The van der Waals surface area contributed by atoms with E-state index in [0.29, 0.717) is 6.54 Å². The quantitative estimate of drug-likeness (QED) is 0.809. The van der Waals surface area contributed by atoms with Crippen molar-refractivity contribution in [1.29, 1.82) is 0 Å². The van der Waals surface area contributed by atoms with Crippen LogP contribution in [0.1, 0.15) is 53.4 Å². The second-order valence-electron chi connectivity index (χ2n) is 6.31. The average Bonchev–Trinajstić information content (AvgIpc) is 2.33. The Kier molecular flexibility index (Phi) is 5.64.